The summed E-state index contributed by atoms with van der Waals surface area (Å²) in [4.78, 5) is 16.3. The molecule has 3 nitrogen and oxygen atoms in total. The van der Waals surface area contributed by atoms with Gasteiger partial charge in [-0.1, -0.05) is 12.1 Å². The highest BCUT2D eigenvalue weighted by Gasteiger charge is 2.14. The molecule has 3 rings (SSSR count). The van der Waals surface area contributed by atoms with E-state index in [-0.39, 0.29) is 30.1 Å². The molecule has 0 aliphatic rings. The van der Waals surface area contributed by atoms with E-state index in [1.807, 2.05) is 0 Å². The van der Waals surface area contributed by atoms with Crippen molar-refractivity contribution in [1.29, 1.82) is 0 Å². The third-order valence-electron chi connectivity index (χ3n) is 3.59. The Morgan fingerprint density at radius 2 is 1.84 bits per heavy atom. The van der Waals surface area contributed by atoms with Crippen LogP contribution in [0.3, 0.4) is 0 Å². The summed E-state index contributed by atoms with van der Waals surface area (Å²) in [7, 11) is 0. The van der Waals surface area contributed by atoms with Gasteiger partial charge in [-0.3, -0.25) is 4.79 Å². The zero-order chi connectivity index (χ0) is 17.8. The van der Waals surface area contributed by atoms with Crippen molar-refractivity contribution in [3.8, 4) is 11.3 Å². The van der Waals surface area contributed by atoms with Crippen molar-refractivity contribution in [2.75, 3.05) is 5.32 Å². The van der Waals surface area contributed by atoms with Gasteiger partial charge >= 0.3 is 0 Å². The fourth-order valence-electron chi connectivity index (χ4n) is 2.33. The second kappa shape index (κ2) is 7.48. The summed E-state index contributed by atoms with van der Waals surface area (Å²) in [6.45, 7) is 0. The number of hydrogen-bond acceptors (Lipinski definition) is 3. The lowest BCUT2D eigenvalue weighted by Gasteiger charge is -2.07. The fraction of sp³-hybridized carbons (Fsp3) is 0.111. The van der Waals surface area contributed by atoms with Gasteiger partial charge in [0.25, 0.3) is 0 Å². The van der Waals surface area contributed by atoms with Gasteiger partial charge in [0.1, 0.15) is 16.5 Å². The number of aromatic nitrogens is 1. The number of benzene rings is 2. The van der Waals surface area contributed by atoms with Crippen LogP contribution in [0.25, 0.3) is 11.3 Å². The van der Waals surface area contributed by atoms with E-state index in [2.05, 4.69) is 10.3 Å². The average Bonchev–Trinajstić information content (AvgIpc) is 3.05. The van der Waals surface area contributed by atoms with Gasteiger partial charge in [-0.05, 0) is 42.3 Å². The molecule has 7 heteroatoms. The van der Waals surface area contributed by atoms with Crippen molar-refractivity contribution >= 4 is 22.2 Å². The van der Waals surface area contributed by atoms with Crippen LogP contribution in [-0.2, 0) is 11.2 Å². The Morgan fingerprint density at radius 1 is 1.08 bits per heavy atom. The van der Waals surface area contributed by atoms with Crippen LogP contribution in [0.15, 0.2) is 48.0 Å². The SMILES string of the molecule is O=C(CCc1cccc(F)c1F)Nc1scnc1-c1ccc(F)cc1. The van der Waals surface area contributed by atoms with Gasteiger partial charge in [-0.25, -0.2) is 18.2 Å². The maximum atomic E-state index is 13.6. The van der Waals surface area contributed by atoms with Crippen molar-refractivity contribution in [1.82, 2.24) is 4.98 Å². The van der Waals surface area contributed by atoms with Crippen LogP contribution < -0.4 is 5.32 Å². The van der Waals surface area contributed by atoms with Gasteiger partial charge in [0, 0.05) is 12.0 Å². The molecular formula is C18H13F3N2OS. The van der Waals surface area contributed by atoms with Crippen LogP contribution in [0.2, 0.25) is 0 Å². The topological polar surface area (TPSA) is 42.0 Å². The third kappa shape index (κ3) is 4.06. The maximum Gasteiger partial charge on any atom is 0.225 e. The molecule has 25 heavy (non-hydrogen) atoms. The molecular weight excluding hydrogens is 349 g/mol. The Bertz CT molecular complexity index is 894. The standard InChI is InChI=1S/C18H13F3N2OS/c19-13-7-4-12(5-8-13)17-18(25-10-22-17)23-15(24)9-6-11-2-1-3-14(20)16(11)21/h1-5,7-8,10H,6,9H2,(H,23,24). The highest BCUT2D eigenvalue weighted by Crippen LogP contribution is 2.30. The summed E-state index contributed by atoms with van der Waals surface area (Å²) >= 11 is 1.23. The molecule has 3 aromatic rings. The van der Waals surface area contributed by atoms with Crippen molar-refractivity contribution in [3.05, 3.63) is 71.0 Å². The first-order valence-electron chi connectivity index (χ1n) is 7.47. The van der Waals surface area contributed by atoms with E-state index in [4.69, 9.17) is 0 Å². The van der Waals surface area contributed by atoms with Crippen LogP contribution in [-0.4, -0.2) is 10.9 Å². The van der Waals surface area contributed by atoms with Crippen molar-refractivity contribution in [3.63, 3.8) is 0 Å². The van der Waals surface area contributed by atoms with Crippen molar-refractivity contribution in [2.45, 2.75) is 12.8 Å². The van der Waals surface area contributed by atoms with Gasteiger partial charge in [0.15, 0.2) is 11.6 Å². The molecule has 128 valence electrons. The minimum absolute atomic E-state index is 0.00112. The number of nitrogens with zero attached hydrogens (tertiary/aromatic N) is 1. The Balaban J connectivity index is 1.67. The quantitative estimate of drug-likeness (QED) is 0.708. The van der Waals surface area contributed by atoms with Crippen LogP contribution in [0.5, 0.6) is 0 Å². The summed E-state index contributed by atoms with van der Waals surface area (Å²) in [6, 6.07) is 9.65. The van der Waals surface area contributed by atoms with E-state index in [9.17, 15) is 18.0 Å². The largest absolute Gasteiger partial charge is 0.316 e. The molecule has 0 aliphatic carbocycles. The molecule has 1 amide bonds. The number of aryl methyl sites for hydroxylation is 1. The second-order valence-electron chi connectivity index (χ2n) is 5.30. The normalized spacial score (nSPS) is 10.7. The van der Waals surface area contributed by atoms with Gasteiger partial charge < -0.3 is 5.32 Å². The lowest BCUT2D eigenvalue weighted by Crippen LogP contribution is -2.12. The first kappa shape index (κ1) is 17.2. The van der Waals surface area contributed by atoms with Gasteiger partial charge in [-0.2, -0.15) is 0 Å². The predicted molar refractivity (Wildman–Crippen MR) is 90.8 cm³/mol. The highest BCUT2D eigenvalue weighted by atomic mass is 32.1. The number of amides is 1. The van der Waals surface area contributed by atoms with Gasteiger partial charge in [0.2, 0.25) is 5.91 Å². The Kier molecular flexibility index (Phi) is 5.14. The summed E-state index contributed by atoms with van der Waals surface area (Å²) in [5.41, 5.74) is 2.93. The van der Waals surface area contributed by atoms with Crippen LogP contribution in [0.1, 0.15) is 12.0 Å². The predicted octanol–water partition coefficient (Wildman–Crippen LogP) is 4.80. The average molecular weight is 362 g/mol. The number of thiazole rings is 1. The maximum absolute atomic E-state index is 13.6. The second-order valence-corrected chi connectivity index (χ2v) is 6.15. The molecule has 2 aromatic carbocycles. The Labute approximate surface area is 146 Å². The minimum atomic E-state index is -0.932. The van der Waals surface area contributed by atoms with E-state index < -0.39 is 11.6 Å². The number of carbonyl (C=O) groups excluding carboxylic acids is 1. The third-order valence-corrected chi connectivity index (χ3v) is 4.33. The number of rotatable bonds is 5. The summed E-state index contributed by atoms with van der Waals surface area (Å²) in [6.07, 6.45) is 0.0846. The zero-order valence-electron chi connectivity index (χ0n) is 12.9. The van der Waals surface area contributed by atoms with Crippen LogP contribution in [0, 0.1) is 17.5 Å². The van der Waals surface area contributed by atoms with E-state index in [1.54, 1.807) is 17.6 Å². The monoisotopic (exact) mass is 362 g/mol. The molecule has 0 unspecified atom stereocenters. The molecule has 1 heterocycles. The molecule has 0 fully saturated rings. The molecule has 0 saturated heterocycles. The number of halogens is 3. The van der Waals surface area contributed by atoms with Crippen LogP contribution >= 0.6 is 11.3 Å². The lowest BCUT2D eigenvalue weighted by molar-refractivity contribution is -0.116. The molecule has 0 saturated carbocycles. The fourth-order valence-corrected chi connectivity index (χ4v) is 3.05. The molecule has 1 N–H and O–H groups in total. The van der Waals surface area contributed by atoms with Gasteiger partial charge in [-0.15, -0.1) is 11.3 Å². The highest BCUT2D eigenvalue weighted by molar-refractivity contribution is 7.14. The first-order valence-corrected chi connectivity index (χ1v) is 8.34. The Hall–Kier alpha value is -2.67. The first-order chi connectivity index (χ1) is 12.0. The van der Waals surface area contributed by atoms with Crippen molar-refractivity contribution in [2.24, 2.45) is 0 Å². The van der Waals surface area contributed by atoms with E-state index >= 15 is 0 Å². The minimum Gasteiger partial charge on any atom is -0.316 e. The van der Waals surface area contributed by atoms with E-state index in [1.165, 1.54) is 35.6 Å². The summed E-state index contributed by atoms with van der Waals surface area (Å²) in [5, 5.41) is 3.24. The van der Waals surface area contributed by atoms with E-state index in [0.29, 0.717) is 16.3 Å². The molecule has 0 bridgehead atoms. The molecule has 0 spiro atoms. The van der Waals surface area contributed by atoms with Gasteiger partial charge in [0.05, 0.1) is 5.51 Å². The number of hydrogen-bond donors (Lipinski definition) is 1. The van der Waals surface area contributed by atoms with Crippen molar-refractivity contribution < 1.29 is 18.0 Å². The zero-order valence-corrected chi connectivity index (χ0v) is 13.7. The Morgan fingerprint density at radius 3 is 2.60 bits per heavy atom. The molecule has 0 atom stereocenters. The number of carbonyl (C=O) groups is 1. The molecule has 0 radical (unpaired) electrons. The molecule has 1 aromatic heterocycles. The lowest BCUT2D eigenvalue weighted by atomic mass is 10.1. The number of anilines is 1. The van der Waals surface area contributed by atoms with Crippen LogP contribution in [0.4, 0.5) is 18.2 Å². The molecule has 0 aliphatic heterocycles. The van der Waals surface area contributed by atoms with E-state index in [0.717, 1.165) is 6.07 Å². The smallest absolute Gasteiger partial charge is 0.225 e. The summed E-state index contributed by atoms with van der Waals surface area (Å²) < 4.78 is 39.8. The summed E-state index contributed by atoms with van der Waals surface area (Å²) in [5.74, 6) is -2.56. The number of nitrogens with one attached hydrogen (secondary N) is 1.